The van der Waals surface area contributed by atoms with Gasteiger partial charge in [0.2, 0.25) is 0 Å². The molecular weight excluding hydrogens is 769 g/mol. The summed E-state index contributed by atoms with van der Waals surface area (Å²) in [7, 11) is 0. The van der Waals surface area contributed by atoms with Crippen LogP contribution in [0, 0.1) is 0 Å². The molecule has 0 aromatic rings. The molecule has 1 atom stereocenters. The van der Waals surface area contributed by atoms with Gasteiger partial charge in [-0.25, -0.2) is 0 Å². The molecule has 0 aliphatic carbocycles. The Morgan fingerprint density at radius 2 is 0.597 bits per heavy atom. The van der Waals surface area contributed by atoms with Crippen LogP contribution in [0.5, 0.6) is 0 Å². The molecule has 0 amide bonds. The molecule has 0 aromatic carbocycles. The zero-order valence-corrected chi connectivity index (χ0v) is 40.9. The van der Waals surface area contributed by atoms with Crippen LogP contribution in [-0.2, 0) is 28.6 Å². The molecule has 0 aliphatic heterocycles. The van der Waals surface area contributed by atoms with E-state index in [9.17, 15) is 14.4 Å². The SMILES string of the molecule is CCCCC\C=C/C=C\C=C/C=C\CCCCCCCC(=O)OCC(COC(=O)CCCCCCCCCCCCC)OC(=O)CCCCCCCCC/C=C\CCCCCC. The Morgan fingerprint density at radius 3 is 1.00 bits per heavy atom. The highest BCUT2D eigenvalue weighted by Crippen LogP contribution is 2.15. The highest BCUT2D eigenvalue weighted by atomic mass is 16.6. The van der Waals surface area contributed by atoms with Crippen molar-refractivity contribution in [3.8, 4) is 0 Å². The number of esters is 3. The zero-order valence-electron chi connectivity index (χ0n) is 40.9. The minimum Gasteiger partial charge on any atom is -0.462 e. The Hall–Kier alpha value is -2.89. The summed E-state index contributed by atoms with van der Waals surface area (Å²) in [6.45, 7) is 6.57. The van der Waals surface area contributed by atoms with Gasteiger partial charge < -0.3 is 14.2 Å². The molecule has 0 spiro atoms. The fourth-order valence-electron chi connectivity index (χ4n) is 7.33. The quantitative estimate of drug-likeness (QED) is 0.0199. The van der Waals surface area contributed by atoms with Crippen molar-refractivity contribution in [3.63, 3.8) is 0 Å². The fraction of sp³-hybridized carbons (Fsp3) is 0.768. The molecule has 0 bridgehead atoms. The third-order valence-corrected chi connectivity index (χ3v) is 11.3. The summed E-state index contributed by atoms with van der Waals surface area (Å²) >= 11 is 0. The minimum atomic E-state index is -0.783. The van der Waals surface area contributed by atoms with Crippen LogP contribution >= 0.6 is 0 Å². The van der Waals surface area contributed by atoms with Crippen molar-refractivity contribution >= 4 is 17.9 Å². The number of allylic oxidation sites excluding steroid dienone is 10. The number of hydrogen-bond acceptors (Lipinski definition) is 6. The molecule has 0 fully saturated rings. The lowest BCUT2D eigenvalue weighted by Gasteiger charge is -2.18. The summed E-state index contributed by atoms with van der Waals surface area (Å²) in [5.41, 5.74) is 0. The number of ether oxygens (including phenoxy) is 3. The van der Waals surface area contributed by atoms with Crippen LogP contribution < -0.4 is 0 Å². The highest BCUT2D eigenvalue weighted by Gasteiger charge is 2.19. The molecule has 0 aliphatic rings. The zero-order chi connectivity index (χ0) is 45.1. The summed E-state index contributed by atoms with van der Waals surface area (Å²) < 4.78 is 16.8. The Kier molecular flexibility index (Phi) is 48.4. The van der Waals surface area contributed by atoms with E-state index in [1.807, 2.05) is 0 Å². The van der Waals surface area contributed by atoms with E-state index in [1.54, 1.807) is 0 Å². The van der Waals surface area contributed by atoms with Gasteiger partial charge in [0.15, 0.2) is 6.10 Å². The van der Waals surface area contributed by atoms with Crippen molar-refractivity contribution in [3.05, 3.63) is 60.8 Å². The molecule has 0 saturated heterocycles. The largest absolute Gasteiger partial charge is 0.462 e. The predicted molar refractivity (Wildman–Crippen MR) is 265 cm³/mol. The van der Waals surface area contributed by atoms with E-state index in [0.717, 1.165) is 83.5 Å². The van der Waals surface area contributed by atoms with Crippen molar-refractivity contribution < 1.29 is 28.6 Å². The van der Waals surface area contributed by atoms with Crippen molar-refractivity contribution in [2.24, 2.45) is 0 Å². The Labute approximate surface area is 383 Å². The van der Waals surface area contributed by atoms with Crippen LogP contribution in [0.25, 0.3) is 0 Å². The maximum Gasteiger partial charge on any atom is 0.306 e. The summed E-state index contributed by atoms with van der Waals surface area (Å²) in [5, 5.41) is 0. The monoisotopic (exact) mass is 867 g/mol. The van der Waals surface area contributed by atoms with Gasteiger partial charge in [-0.05, 0) is 70.6 Å². The predicted octanol–water partition coefficient (Wildman–Crippen LogP) is 17.3. The molecule has 0 aromatic heterocycles. The third-order valence-electron chi connectivity index (χ3n) is 11.3. The molecule has 0 radical (unpaired) electrons. The van der Waals surface area contributed by atoms with Crippen molar-refractivity contribution in [2.45, 2.75) is 264 Å². The molecule has 62 heavy (non-hydrogen) atoms. The standard InChI is InChI=1S/C56H98O6/c1-4-7-10-13-16-19-22-24-26-27-28-30-31-34-37-40-43-46-49-55(58)61-52-53(51-60-54(57)48-45-42-39-36-33-21-18-15-12-9-6-3)62-56(59)50-47-44-41-38-35-32-29-25-23-20-17-14-11-8-5-2/h16,19-20,22-24,26-28,30,53H,4-15,17-18,21,25,29,31-52H2,1-3H3/b19-16-,23-20-,24-22-,27-26-,30-28-. The first-order valence-electron chi connectivity index (χ1n) is 26.3. The minimum absolute atomic E-state index is 0.0819. The van der Waals surface area contributed by atoms with Crippen LogP contribution in [-0.4, -0.2) is 37.2 Å². The van der Waals surface area contributed by atoms with E-state index in [4.69, 9.17) is 14.2 Å². The van der Waals surface area contributed by atoms with Gasteiger partial charge in [-0.3, -0.25) is 14.4 Å². The maximum atomic E-state index is 12.8. The molecule has 1 unspecified atom stereocenters. The van der Waals surface area contributed by atoms with E-state index in [-0.39, 0.29) is 31.1 Å². The average Bonchev–Trinajstić information content (AvgIpc) is 3.27. The second-order valence-electron chi connectivity index (χ2n) is 17.5. The number of carbonyl (C=O) groups excluding carboxylic acids is 3. The molecule has 358 valence electrons. The summed E-state index contributed by atoms with van der Waals surface area (Å²) in [6.07, 6.45) is 61.9. The van der Waals surface area contributed by atoms with Crippen LogP contribution in [0.3, 0.4) is 0 Å². The number of hydrogen-bond donors (Lipinski definition) is 0. The lowest BCUT2D eigenvalue weighted by molar-refractivity contribution is -0.167. The number of carbonyl (C=O) groups is 3. The van der Waals surface area contributed by atoms with Crippen LogP contribution in [0.1, 0.15) is 258 Å². The van der Waals surface area contributed by atoms with E-state index in [0.29, 0.717) is 19.3 Å². The molecule has 6 heteroatoms. The van der Waals surface area contributed by atoms with E-state index in [1.165, 1.54) is 135 Å². The maximum absolute atomic E-state index is 12.8. The van der Waals surface area contributed by atoms with Crippen molar-refractivity contribution in [1.29, 1.82) is 0 Å². The first kappa shape index (κ1) is 59.1. The van der Waals surface area contributed by atoms with E-state index in [2.05, 4.69) is 81.5 Å². The normalized spacial score (nSPS) is 12.5. The molecule has 0 heterocycles. The summed E-state index contributed by atoms with van der Waals surface area (Å²) in [6, 6.07) is 0. The van der Waals surface area contributed by atoms with Gasteiger partial charge in [0.25, 0.3) is 0 Å². The second-order valence-corrected chi connectivity index (χ2v) is 17.5. The average molecular weight is 867 g/mol. The Bertz CT molecular complexity index is 1130. The molecule has 0 N–H and O–H groups in total. The Balaban J connectivity index is 4.41. The summed E-state index contributed by atoms with van der Waals surface area (Å²) in [4.78, 5) is 38.0. The van der Waals surface area contributed by atoms with E-state index < -0.39 is 6.10 Å². The first-order chi connectivity index (χ1) is 30.5. The van der Waals surface area contributed by atoms with Gasteiger partial charge in [0.05, 0.1) is 0 Å². The van der Waals surface area contributed by atoms with Gasteiger partial charge in [-0.1, -0.05) is 229 Å². The van der Waals surface area contributed by atoms with Gasteiger partial charge in [0, 0.05) is 19.3 Å². The van der Waals surface area contributed by atoms with Crippen molar-refractivity contribution in [2.75, 3.05) is 13.2 Å². The molecule has 6 nitrogen and oxygen atoms in total. The fourth-order valence-corrected chi connectivity index (χ4v) is 7.33. The number of rotatable bonds is 47. The summed E-state index contributed by atoms with van der Waals surface area (Å²) in [5.74, 6) is -0.905. The molecule has 0 rings (SSSR count). The van der Waals surface area contributed by atoms with Crippen LogP contribution in [0.4, 0.5) is 0 Å². The van der Waals surface area contributed by atoms with Gasteiger partial charge in [-0.15, -0.1) is 0 Å². The smallest absolute Gasteiger partial charge is 0.306 e. The third kappa shape index (κ3) is 48.1. The lowest BCUT2D eigenvalue weighted by atomic mass is 10.1. The van der Waals surface area contributed by atoms with Crippen molar-refractivity contribution in [1.82, 2.24) is 0 Å². The topological polar surface area (TPSA) is 78.9 Å². The van der Waals surface area contributed by atoms with Crippen LogP contribution in [0.2, 0.25) is 0 Å². The first-order valence-corrected chi connectivity index (χ1v) is 26.3. The highest BCUT2D eigenvalue weighted by molar-refractivity contribution is 5.71. The van der Waals surface area contributed by atoms with Gasteiger partial charge in [-0.2, -0.15) is 0 Å². The van der Waals surface area contributed by atoms with Gasteiger partial charge in [0.1, 0.15) is 13.2 Å². The van der Waals surface area contributed by atoms with E-state index >= 15 is 0 Å². The lowest BCUT2D eigenvalue weighted by Crippen LogP contribution is -2.30. The number of unbranched alkanes of at least 4 members (excludes halogenated alkanes) is 29. The second kappa shape index (κ2) is 50.8. The molecule has 0 saturated carbocycles. The Morgan fingerprint density at radius 1 is 0.323 bits per heavy atom. The van der Waals surface area contributed by atoms with Gasteiger partial charge >= 0.3 is 17.9 Å². The van der Waals surface area contributed by atoms with Crippen LogP contribution in [0.15, 0.2) is 60.8 Å². The molecular formula is C56H98O6.